The molecule has 0 fully saturated rings. The van der Waals surface area contributed by atoms with Gasteiger partial charge in [-0.05, 0) is 41.3 Å². The summed E-state index contributed by atoms with van der Waals surface area (Å²) in [5.41, 5.74) is 1.28. The maximum absolute atomic E-state index is 12.4. The van der Waals surface area contributed by atoms with Crippen LogP contribution in [0.5, 0.6) is 0 Å². The maximum Gasteiger partial charge on any atom is 0.261 e. The van der Waals surface area contributed by atoms with Gasteiger partial charge in [-0.2, -0.15) is 0 Å². The molecule has 0 radical (unpaired) electrons. The predicted octanol–water partition coefficient (Wildman–Crippen LogP) is 5.09. The summed E-state index contributed by atoms with van der Waals surface area (Å²) < 4.78 is 27.3. The molecular formula is C16H17Cl2NO2S. The molecule has 6 heteroatoms. The van der Waals surface area contributed by atoms with E-state index in [2.05, 4.69) is 25.5 Å². The zero-order valence-electron chi connectivity index (χ0n) is 12.5. The third kappa shape index (κ3) is 3.94. The highest BCUT2D eigenvalue weighted by molar-refractivity contribution is 7.92. The standard InChI is InChI=1S/C16H17Cl2NO2S/c1-16(2,3)11-4-7-13(8-5-11)22(20,21)19-15-10-12(17)6-9-14(15)18/h4-10,19H,1-3H3. The molecule has 0 unspecified atom stereocenters. The second-order valence-electron chi connectivity index (χ2n) is 6.00. The van der Waals surface area contributed by atoms with Gasteiger partial charge in [0.2, 0.25) is 0 Å². The van der Waals surface area contributed by atoms with Crippen LogP contribution in [0.4, 0.5) is 5.69 Å². The minimum atomic E-state index is -3.71. The van der Waals surface area contributed by atoms with Crippen LogP contribution in [0.1, 0.15) is 26.3 Å². The SMILES string of the molecule is CC(C)(C)c1ccc(S(=O)(=O)Nc2cc(Cl)ccc2Cl)cc1. The zero-order valence-corrected chi connectivity index (χ0v) is 14.9. The number of rotatable bonds is 3. The summed E-state index contributed by atoms with van der Waals surface area (Å²) in [6.07, 6.45) is 0. The van der Waals surface area contributed by atoms with E-state index in [-0.39, 0.29) is 16.0 Å². The van der Waals surface area contributed by atoms with Crippen molar-refractivity contribution in [2.45, 2.75) is 31.1 Å². The molecule has 22 heavy (non-hydrogen) atoms. The summed E-state index contributed by atoms with van der Waals surface area (Å²) in [5, 5.41) is 0.699. The summed E-state index contributed by atoms with van der Waals surface area (Å²) in [5.74, 6) is 0. The number of sulfonamides is 1. The molecule has 2 aromatic carbocycles. The van der Waals surface area contributed by atoms with E-state index < -0.39 is 10.0 Å². The molecule has 0 aliphatic carbocycles. The summed E-state index contributed by atoms with van der Waals surface area (Å²) in [6, 6.07) is 11.4. The number of halogens is 2. The molecule has 0 saturated heterocycles. The summed E-state index contributed by atoms with van der Waals surface area (Å²) >= 11 is 11.9. The van der Waals surface area contributed by atoms with E-state index in [0.717, 1.165) is 5.56 Å². The third-order valence-electron chi connectivity index (χ3n) is 3.20. The fourth-order valence-corrected chi connectivity index (χ4v) is 3.38. The molecule has 2 rings (SSSR count). The van der Waals surface area contributed by atoms with Gasteiger partial charge in [0.25, 0.3) is 10.0 Å². The first-order valence-electron chi connectivity index (χ1n) is 6.68. The Bertz CT molecular complexity index is 779. The molecular weight excluding hydrogens is 341 g/mol. The molecule has 0 aliphatic rings. The van der Waals surface area contributed by atoms with Crippen molar-refractivity contribution in [1.82, 2.24) is 0 Å². The Morgan fingerprint density at radius 1 is 0.955 bits per heavy atom. The lowest BCUT2D eigenvalue weighted by Gasteiger charge is -2.19. The Morgan fingerprint density at radius 3 is 2.09 bits per heavy atom. The molecule has 0 spiro atoms. The lowest BCUT2D eigenvalue weighted by molar-refractivity contribution is 0.587. The van der Waals surface area contributed by atoms with Crippen molar-refractivity contribution in [3.05, 3.63) is 58.1 Å². The molecule has 0 heterocycles. The van der Waals surface area contributed by atoms with Gasteiger partial charge < -0.3 is 0 Å². The Kier molecular flexibility index (Phi) is 4.76. The Hall–Kier alpha value is -1.23. The Balaban J connectivity index is 2.33. The van der Waals surface area contributed by atoms with Crippen LogP contribution in [0.3, 0.4) is 0 Å². The van der Waals surface area contributed by atoms with Crippen molar-refractivity contribution in [3.8, 4) is 0 Å². The largest absolute Gasteiger partial charge is 0.278 e. The fraction of sp³-hybridized carbons (Fsp3) is 0.250. The van der Waals surface area contributed by atoms with Crippen molar-refractivity contribution in [3.63, 3.8) is 0 Å². The Morgan fingerprint density at radius 2 is 1.55 bits per heavy atom. The first-order chi connectivity index (χ1) is 10.1. The molecule has 0 saturated carbocycles. The van der Waals surface area contributed by atoms with E-state index in [1.54, 1.807) is 24.3 Å². The summed E-state index contributed by atoms with van der Waals surface area (Å²) in [6.45, 7) is 6.21. The molecule has 2 aromatic rings. The highest BCUT2D eigenvalue weighted by atomic mass is 35.5. The molecule has 0 amide bonds. The van der Waals surface area contributed by atoms with Gasteiger partial charge in [0.1, 0.15) is 0 Å². The van der Waals surface area contributed by atoms with Crippen molar-refractivity contribution in [1.29, 1.82) is 0 Å². The monoisotopic (exact) mass is 357 g/mol. The van der Waals surface area contributed by atoms with Crippen LogP contribution >= 0.6 is 23.2 Å². The number of hydrogen-bond acceptors (Lipinski definition) is 2. The van der Waals surface area contributed by atoms with E-state index in [9.17, 15) is 8.42 Å². The van der Waals surface area contributed by atoms with Crippen LogP contribution in [-0.2, 0) is 15.4 Å². The number of benzene rings is 2. The summed E-state index contributed by atoms with van der Waals surface area (Å²) in [7, 11) is -3.71. The van der Waals surface area contributed by atoms with E-state index in [4.69, 9.17) is 23.2 Å². The minimum Gasteiger partial charge on any atom is -0.278 e. The lowest BCUT2D eigenvalue weighted by Crippen LogP contribution is -2.15. The lowest BCUT2D eigenvalue weighted by atomic mass is 9.87. The molecule has 118 valence electrons. The average molecular weight is 358 g/mol. The van der Waals surface area contributed by atoms with Gasteiger partial charge in [0.05, 0.1) is 15.6 Å². The van der Waals surface area contributed by atoms with Crippen LogP contribution < -0.4 is 4.72 Å². The highest BCUT2D eigenvalue weighted by Gasteiger charge is 2.18. The normalized spacial score (nSPS) is 12.2. The molecule has 0 atom stereocenters. The minimum absolute atomic E-state index is 0.0357. The predicted molar refractivity (Wildman–Crippen MR) is 92.4 cm³/mol. The molecule has 0 aromatic heterocycles. The summed E-state index contributed by atoms with van der Waals surface area (Å²) in [4.78, 5) is 0.177. The van der Waals surface area contributed by atoms with Gasteiger partial charge in [-0.25, -0.2) is 8.42 Å². The van der Waals surface area contributed by atoms with Gasteiger partial charge in [0.15, 0.2) is 0 Å². The molecule has 0 aliphatic heterocycles. The third-order valence-corrected chi connectivity index (χ3v) is 5.15. The van der Waals surface area contributed by atoms with Gasteiger partial charge in [-0.3, -0.25) is 4.72 Å². The number of nitrogens with one attached hydrogen (secondary N) is 1. The maximum atomic E-state index is 12.4. The fourth-order valence-electron chi connectivity index (χ4n) is 1.91. The highest BCUT2D eigenvalue weighted by Crippen LogP contribution is 2.28. The molecule has 0 bridgehead atoms. The number of anilines is 1. The van der Waals surface area contributed by atoms with E-state index in [1.807, 2.05) is 12.1 Å². The second-order valence-corrected chi connectivity index (χ2v) is 8.53. The van der Waals surface area contributed by atoms with Gasteiger partial charge in [0, 0.05) is 5.02 Å². The van der Waals surface area contributed by atoms with Crippen LogP contribution in [-0.4, -0.2) is 8.42 Å². The van der Waals surface area contributed by atoms with Crippen LogP contribution in [0.25, 0.3) is 0 Å². The topological polar surface area (TPSA) is 46.2 Å². The molecule has 3 nitrogen and oxygen atoms in total. The van der Waals surface area contributed by atoms with E-state index >= 15 is 0 Å². The first-order valence-corrected chi connectivity index (χ1v) is 8.92. The zero-order chi connectivity index (χ0) is 16.5. The van der Waals surface area contributed by atoms with Crippen molar-refractivity contribution >= 4 is 38.9 Å². The second kappa shape index (κ2) is 6.11. The van der Waals surface area contributed by atoms with Crippen molar-refractivity contribution in [2.24, 2.45) is 0 Å². The van der Waals surface area contributed by atoms with Crippen LogP contribution in [0.15, 0.2) is 47.4 Å². The van der Waals surface area contributed by atoms with Crippen molar-refractivity contribution in [2.75, 3.05) is 4.72 Å². The van der Waals surface area contributed by atoms with Crippen LogP contribution in [0.2, 0.25) is 10.0 Å². The smallest absolute Gasteiger partial charge is 0.261 e. The van der Waals surface area contributed by atoms with Crippen molar-refractivity contribution < 1.29 is 8.42 Å². The van der Waals surface area contributed by atoms with Crippen LogP contribution in [0, 0.1) is 0 Å². The quantitative estimate of drug-likeness (QED) is 0.831. The number of hydrogen-bond donors (Lipinski definition) is 1. The average Bonchev–Trinajstić information content (AvgIpc) is 2.42. The van der Waals surface area contributed by atoms with E-state index in [1.165, 1.54) is 6.07 Å². The first kappa shape index (κ1) is 17.1. The van der Waals surface area contributed by atoms with Gasteiger partial charge in [-0.1, -0.05) is 56.1 Å². The Labute approximate surface area is 141 Å². The van der Waals surface area contributed by atoms with E-state index in [0.29, 0.717) is 10.0 Å². The van der Waals surface area contributed by atoms with Gasteiger partial charge in [-0.15, -0.1) is 0 Å². The molecule has 1 N–H and O–H groups in total. The van der Waals surface area contributed by atoms with Gasteiger partial charge >= 0.3 is 0 Å².